The maximum absolute atomic E-state index is 13.6. The molecule has 10 nitrogen and oxygen atoms in total. The largest absolute Gasteiger partial charge is 0.495 e. The van der Waals surface area contributed by atoms with Crippen LogP contribution >= 0.6 is 0 Å². The Balaban J connectivity index is 1.74. The van der Waals surface area contributed by atoms with Crippen LogP contribution in [0.5, 0.6) is 5.75 Å². The number of aromatic amines is 1. The molecule has 0 bridgehead atoms. The van der Waals surface area contributed by atoms with Crippen molar-refractivity contribution in [3.8, 4) is 28.3 Å². The fraction of sp³-hybridized carbons (Fsp3) is 0.0909. The van der Waals surface area contributed by atoms with Gasteiger partial charge in [0.1, 0.15) is 10.6 Å². The standard InChI is InChI=1S/C22H17F3N6O4S/c1-35-18-10-12(6-9-19(18)36(26,33)34)21(32)27-13-7-8-14(16(11-13)20-28-30-31-29-20)15-4-2-3-5-17(15)22(23,24)25/h2-11H,1H3,(H,27,32)(H2,26,33,34)(H,28,29,30,31). The van der Waals surface area contributed by atoms with Crippen molar-refractivity contribution >= 4 is 21.6 Å². The minimum atomic E-state index is -4.61. The molecule has 0 fully saturated rings. The van der Waals surface area contributed by atoms with Gasteiger partial charge in [-0.3, -0.25) is 4.79 Å². The number of ether oxygens (including phenoxy) is 1. The first-order chi connectivity index (χ1) is 17.0. The molecule has 14 heteroatoms. The highest BCUT2D eigenvalue weighted by atomic mass is 32.2. The topological polar surface area (TPSA) is 153 Å². The molecule has 1 amide bonds. The molecule has 4 rings (SSSR count). The molecule has 0 saturated heterocycles. The summed E-state index contributed by atoms with van der Waals surface area (Å²) in [6.45, 7) is 0. The molecule has 0 aliphatic carbocycles. The van der Waals surface area contributed by atoms with E-state index in [1.54, 1.807) is 0 Å². The van der Waals surface area contributed by atoms with Crippen molar-refractivity contribution in [1.82, 2.24) is 20.6 Å². The first-order valence-electron chi connectivity index (χ1n) is 10.1. The molecule has 36 heavy (non-hydrogen) atoms. The summed E-state index contributed by atoms with van der Waals surface area (Å²) in [5, 5.41) is 21.2. The summed E-state index contributed by atoms with van der Waals surface area (Å²) in [6, 6.07) is 12.8. The van der Waals surface area contributed by atoms with Crippen molar-refractivity contribution in [3.05, 3.63) is 71.8 Å². The zero-order valence-corrected chi connectivity index (χ0v) is 19.2. The quantitative estimate of drug-likeness (QED) is 0.353. The van der Waals surface area contributed by atoms with Gasteiger partial charge in [0.05, 0.1) is 12.7 Å². The second-order valence-corrected chi connectivity index (χ2v) is 8.93. The number of amides is 1. The van der Waals surface area contributed by atoms with Gasteiger partial charge < -0.3 is 10.1 Å². The molecule has 3 aromatic carbocycles. The number of rotatable bonds is 6. The molecule has 0 saturated carbocycles. The Hall–Kier alpha value is -4.30. The van der Waals surface area contributed by atoms with E-state index < -0.39 is 27.7 Å². The van der Waals surface area contributed by atoms with Crippen molar-refractivity contribution in [2.45, 2.75) is 11.1 Å². The number of nitrogens with zero attached hydrogens (tertiary/aromatic N) is 3. The van der Waals surface area contributed by atoms with Crippen molar-refractivity contribution in [3.63, 3.8) is 0 Å². The van der Waals surface area contributed by atoms with Gasteiger partial charge in [-0.2, -0.15) is 18.4 Å². The second-order valence-electron chi connectivity index (χ2n) is 7.40. The van der Waals surface area contributed by atoms with E-state index in [4.69, 9.17) is 9.88 Å². The number of hydrogen-bond donors (Lipinski definition) is 3. The van der Waals surface area contributed by atoms with E-state index in [1.807, 2.05) is 0 Å². The Morgan fingerprint density at radius 3 is 2.42 bits per heavy atom. The van der Waals surface area contributed by atoms with E-state index in [9.17, 15) is 26.4 Å². The maximum Gasteiger partial charge on any atom is 0.417 e. The van der Waals surface area contributed by atoms with E-state index >= 15 is 0 Å². The predicted octanol–water partition coefficient (Wildman–Crippen LogP) is 3.46. The number of H-pyrrole nitrogens is 1. The van der Waals surface area contributed by atoms with Gasteiger partial charge in [0, 0.05) is 16.8 Å². The minimum Gasteiger partial charge on any atom is -0.495 e. The van der Waals surface area contributed by atoms with E-state index in [2.05, 4.69) is 25.9 Å². The van der Waals surface area contributed by atoms with Crippen LogP contribution < -0.4 is 15.2 Å². The first-order valence-corrected chi connectivity index (χ1v) is 11.6. The van der Waals surface area contributed by atoms with Gasteiger partial charge in [-0.25, -0.2) is 13.6 Å². The normalized spacial score (nSPS) is 11.8. The molecule has 4 aromatic rings. The number of methoxy groups -OCH3 is 1. The van der Waals surface area contributed by atoms with Gasteiger partial charge in [-0.05, 0) is 52.7 Å². The highest BCUT2D eigenvalue weighted by molar-refractivity contribution is 7.89. The number of anilines is 1. The Morgan fingerprint density at radius 2 is 1.78 bits per heavy atom. The summed E-state index contributed by atoms with van der Waals surface area (Å²) in [5.41, 5.74) is -0.351. The minimum absolute atomic E-state index is 0.0113. The summed E-state index contributed by atoms with van der Waals surface area (Å²) < 4.78 is 69.3. The van der Waals surface area contributed by atoms with Crippen LogP contribution in [-0.2, 0) is 16.2 Å². The Bertz CT molecular complexity index is 1540. The number of primary sulfonamides is 1. The number of carbonyl (C=O) groups is 1. The number of alkyl halides is 3. The zero-order chi connectivity index (χ0) is 26.1. The summed E-state index contributed by atoms with van der Waals surface area (Å²) in [4.78, 5) is 12.5. The molecule has 0 aliphatic heterocycles. The van der Waals surface area contributed by atoms with Gasteiger partial charge in [0.2, 0.25) is 15.8 Å². The van der Waals surface area contributed by atoms with Crippen LogP contribution in [0, 0.1) is 0 Å². The average Bonchev–Trinajstić information content (AvgIpc) is 3.37. The Labute approximate surface area is 202 Å². The molecule has 0 spiro atoms. The predicted molar refractivity (Wildman–Crippen MR) is 122 cm³/mol. The molecule has 4 N–H and O–H groups in total. The third kappa shape index (κ3) is 5.04. The number of carbonyl (C=O) groups excluding carboxylic acids is 1. The number of halogens is 3. The molecule has 0 radical (unpaired) electrons. The number of hydrogen-bond acceptors (Lipinski definition) is 7. The van der Waals surface area contributed by atoms with Gasteiger partial charge >= 0.3 is 6.18 Å². The fourth-order valence-corrected chi connectivity index (χ4v) is 4.21. The molecular weight excluding hydrogens is 501 g/mol. The van der Waals surface area contributed by atoms with Crippen LogP contribution in [0.2, 0.25) is 0 Å². The molecule has 0 unspecified atom stereocenters. The summed E-state index contributed by atoms with van der Waals surface area (Å²) >= 11 is 0. The second kappa shape index (κ2) is 9.39. The Morgan fingerprint density at radius 1 is 1.03 bits per heavy atom. The fourth-order valence-electron chi connectivity index (χ4n) is 3.53. The summed E-state index contributed by atoms with van der Waals surface area (Å²) in [7, 11) is -2.86. The number of aromatic nitrogens is 4. The molecule has 0 atom stereocenters. The number of nitrogens with one attached hydrogen (secondary N) is 2. The average molecular weight is 518 g/mol. The van der Waals surface area contributed by atoms with E-state index in [-0.39, 0.29) is 44.4 Å². The highest BCUT2D eigenvalue weighted by Crippen LogP contribution is 2.40. The van der Waals surface area contributed by atoms with Gasteiger partial charge in [-0.15, -0.1) is 10.2 Å². The van der Waals surface area contributed by atoms with Crippen molar-refractivity contribution in [1.29, 1.82) is 0 Å². The lowest BCUT2D eigenvalue weighted by Crippen LogP contribution is -2.16. The van der Waals surface area contributed by atoms with Gasteiger partial charge in [0.25, 0.3) is 5.91 Å². The van der Waals surface area contributed by atoms with Crippen LogP contribution in [0.4, 0.5) is 18.9 Å². The first kappa shape index (κ1) is 24.8. The Kier molecular flexibility index (Phi) is 6.47. The van der Waals surface area contributed by atoms with Crippen LogP contribution in [-0.4, -0.2) is 42.1 Å². The lowest BCUT2D eigenvalue weighted by atomic mass is 9.94. The van der Waals surface area contributed by atoms with Crippen LogP contribution in [0.1, 0.15) is 15.9 Å². The summed E-state index contributed by atoms with van der Waals surface area (Å²) in [6.07, 6.45) is -4.61. The summed E-state index contributed by atoms with van der Waals surface area (Å²) in [5.74, 6) is -0.759. The lowest BCUT2D eigenvalue weighted by molar-refractivity contribution is -0.137. The third-order valence-corrected chi connectivity index (χ3v) is 6.07. The van der Waals surface area contributed by atoms with Crippen molar-refractivity contribution < 1.29 is 31.1 Å². The molecule has 1 heterocycles. The van der Waals surface area contributed by atoms with E-state index in [1.165, 1.54) is 55.6 Å². The van der Waals surface area contributed by atoms with Crippen LogP contribution in [0.3, 0.4) is 0 Å². The van der Waals surface area contributed by atoms with E-state index in [0.717, 1.165) is 12.1 Å². The number of tetrazole rings is 1. The maximum atomic E-state index is 13.6. The SMILES string of the molecule is COc1cc(C(=O)Nc2ccc(-c3ccccc3C(F)(F)F)c(-c3nn[nH]n3)c2)ccc1S(N)(=O)=O. The molecule has 1 aromatic heterocycles. The monoisotopic (exact) mass is 518 g/mol. The van der Waals surface area contributed by atoms with Crippen LogP contribution in [0.25, 0.3) is 22.5 Å². The van der Waals surface area contributed by atoms with Crippen molar-refractivity contribution in [2.24, 2.45) is 5.14 Å². The smallest absolute Gasteiger partial charge is 0.417 e. The lowest BCUT2D eigenvalue weighted by Gasteiger charge is -2.16. The molecular formula is C22H17F3N6O4S. The van der Waals surface area contributed by atoms with E-state index in [0.29, 0.717) is 0 Å². The van der Waals surface area contributed by atoms with Gasteiger partial charge in [-0.1, -0.05) is 24.3 Å². The molecule has 0 aliphatic rings. The number of nitrogens with two attached hydrogens (primary N) is 1. The van der Waals surface area contributed by atoms with Crippen LogP contribution in [0.15, 0.2) is 65.6 Å². The van der Waals surface area contributed by atoms with Gasteiger partial charge in [0.15, 0.2) is 0 Å². The highest BCUT2D eigenvalue weighted by Gasteiger charge is 2.34. The molecule has 186 valence electrons. The number of benzene rings is 3. The third-order valence-electron chi connectivity index (χ3n) is 5.12. The zero-order valence-electron chi connectivity index (χ0n) is 18.4. The number of sulfonamides is 1. The van der Waals surface area contributed by atoms with Crippen molar-refractivity contribution in [2.75, 3.05) is 12.4 Å².